The number of benzene rings is 1. The van der Waals surface area contributed by atoms with Crippen molar-refractivity contribution in [2.45, 2.75) is 38.5 Å². The summed E-state index contributed by atoms with van der Waals surface area (Å²) in [5.41, 5.74) is 2.07. The monoisotopic (exact) mass is 396 g/mol. The molecule has 1 aromatic carbocycles. The van der Waals surface area contributed by atoms with Crippen LogP contribution in [0.5, 0.6) is 5.75 Å². The lowest BCUT2D eigenvalue weighted by Crippen LogP contribution is -2.39. The summed E-state index contributed by atoms with van der Waals surface area (Å²) in [4.78, 5) is 30.7. The summed E-state index contributed by atoms with van der Waals surface area (Å²) in [6.45, 7) is 3.36. The summed E-state index contributed by atoms with van der Waals surface area (Å²) < 4.78 is 11.3. The molecule has 8 nitrogen and oxygen atoms in total. The van der Waals surface area contributed by atoms with Crippen LogP contribution in [-0.2, 0) is 16.1 Å². The average molecular weight is 396 g/mol. The smallest absolute Gasteiger partial charge is 0.322 e. The fourth-order valence-electron chi connectivity index (χ4n) is 3.45. The molecule has 0 unspecified atom stereocenters. The molecule has 2 N–H and O–H groups in total. The third kappa shape index (κ3) is 4.65. The maximum Gasteiger partial charge on any atom is 0.322 e. The molecule has 0 saturated carbocycles. The lowest BCUT2D eigenvalue weighted by molar-refractivity contribution is -0.122. The highest BCUT2D eigenvalue weighted by Crippen LogP contribution is 2.32. The third-order valence-electron chi connectivity index (χ3n) is 4.99. The van der Waals surface area contributed by atoms with Crippen molar-refractivity contribution in [3.05, 3.63) is 48.3 Å². The number of pyridine rings is 1. The number of fused-ring (bicyclic) bond motifs is 1. The van der Waals surface area contributed by atoms with E-state index in [2.05, 4.69) is 15.6 Å². The van der Waals surface area contributed by atoms with Crippen LogP contribution in [-0.4, -0.2) is 47.2 Å². The van der Waals surface area contributed by atoms with Crippen molar-refractivity contribution in [3.63, 3.8) is 0 Å². The number of anilines is 2. The van der Waals surface area contributed by atoms with Gasteiger partial charge in [-0.1, -0.05) is 6.07 Å². The first kappa shape index (κ1) is 19.2. The molecule has 0 radical (unpaired) electrons. The Kier molecular flexibility index (Phi) is 5.62. The number of aromatic nitrogens is 1. The van der Waals surface area contributed by atoms with Crippen LogP contribution in [0.25, 0.3) is 0 Å². The highest BCUT2D eigenvalue weighted by molar-refractivity contribution is 5.99. The molecule has 2 aliphatic heterocycles. The van der Waals surface area contributed by atoms with Crippen molar-refractivity contribution < 1.29 is 19.1 Å². The first-order valence-corrected chi connectivity index (χ1v) is 9.76. The van der Waals surface area contributed by atoms with E-state index < -0.39 is 6.10 Å². The lowest BCUT2D eigenvalue weighted by atomic mass is 10.2. The second-order valence-corrected chi connectivity index (χ2v) is 7.27. The minimum Gasteiger partial charge on any atom is -0.479 e. The largest absolute Gasteiger partial charge is 0.479 e. The first-order valence-electron chi connectivity index (χ1n) is 9.76. The molecular formula is C21H24N4O4. The molecule has 2 aliphatic rings. The van der Waals surface area contributed by atoms with Crippen LogP contribution in [0, 0.1) is 0 Å². The van der Waals surface area contributed by atoms with Crippen molar-refractivity contribution >= 4 is 23.3 Å². The van der Waals surface area contributed by atoms with Crippen LogP contribution in [0.2, 0.25) is 0 Å². The van der Waals surface area contributed by atoms with Gasteiger partial charge < -0.3 is 25.0 Å². The molecule has 4 rings (SSSR count). The Bertz CT molecular complexity index is 884. The molecule has 3 amide bonds. The third-order valence-corrected chi connectivity index (χ3v) is 4.99. The Labute approximate surface area is 169 Å². The van der Waals surface area contributed by atoms with E-state index in [1.54, 1.807) is 42.4 Å². The predicted molar refractivity (Wildman–Crippen MR) is 108 cm³/mol. The van der Waals surface area contributed by atoms with E-state index in [9.17, 15) is 9.59 Å². The molecule has 8 heteroatoms. The number of rotatable bonds is 5. The van der Waals surface area contributed by atoms with E-state index in [4.69, 9.17) is 9.47 Å². The minimum absolute atomic E-state index is 0.0372. The summed E-state index contributed by atoms with van der Waals surface area (Å²) in [6, 6.07) is 8.76. The molecule has 1 fully saturated rings. The van der Waals surface area contributed by atoms with Crippen LogP contribution in [0.4, 0.5) is 16.2 Å². The van der Waals surface area contributed by atoms with E-state index in [-0.39, 0.29) is 18.0 Å². The molecule has 1 saturated heterocycles. The zero-order valence-electron chi connectivity index (χ0n) is 16.3. The van der Waals surface area contributed by atoms with Crippen LogP contribution >= 0.6 is 0 Å². The van der Waals surface area contributed by atoms with E-state index >= 15 is 0 Å². The fraction of sp³-hybridized carbons (Fsp3) is 0.381. The molecule has 0 aliphatic carbocycles. The van der Waals surface area contributed by atoms with E-state index in [1.165, 1.54) is 0 Å². The lowest BCUT2D eigenvalue weighted by Gasteiger charge is -2.27. The van der Waals surface area contributed by atoms with Gasteiger partial charge in [0.2, 0.25) is 0 Å². The molecule has 29 heavy (non-hydrogen) atoms. The molecule has 152 valence electrons. The van der Waals surface area contributed by atoms with Crippen molar-refractivity contribution in [1.29, 1.82) is 0 Å². The Morgan fingerprint density at radius 3 is 3.03 bits per heavy atom. The fourth-order valence-corrected chi connectivity index (χ4v) is 3.45. The summed E-state index contributed by atoms with van der Waals surface area (Å²) in [5.74, 6) is 0.374. The van der Waals surface area contributed by atoms with Gasteiger partial charge in [0.25, 0.3) is 5.91 Å². The Morgan fingerprint density at radius 2 is 2.28 bits per heavy atom. The zero-order chi connectivity index (χ0) is 20.2. The molecule has 3 heterocycles. The zero-order valence-corrected chi connectivity index (χ0v) is 16.3. The number of carbonyl (C=O) groups is 2. The highest BCUT2D eigenvalue weighted by Gasteiger charge is 2.25. The van der Waals surface area contributed by atoms with Crippen LogP contribution in [0.1, 0.15) is 25.3 Å². The van der Waals surface area contributed by atoms with E-state index in [0.717, 1.165) is 25.0 Å². The Balaban J connectivity index is 1.48. The van der Waals surface area contributed by atoms with Gasteiger partial charge in [-0.3, -0.25) is 9.78 Å². The standard InChI is InChI=1S/C21H24N4O4/c1-14-20(26)24-18-10-16(6-7-19(18)29-14)23-21(27)25(13-17-5-3-9-28-17)12-15-4-2-8-22-11-15/h2,4,6-8,10-11,14,17H,3,5,9,12-13H2,1H3,(H,23,27)(H,24,26)/t14-,17-/m1/s1. The van der Waals surface area contributed by atoms with Crippen molar-refractivity contribution in [3.8, 4) is 5.75 Å². The van der Waals surface area contributed by atoms with Gasteiger partial charge in [-0.25, -0.2) is 4.79 Å². The summed E-state index contributed by atoms with van der Waals surface area (Å²) in [6.07, 6.45) is 4.91. The van der Waals surface area contributed by atoms with Gasteiger partial charge in [0.05, 0.1) is 11.8 Å². The summed E-state index contributed by atoms with van der Waals surface area (Å²) in [5, 5.41) is 5.71. The van der Waals surface area contributed by atoms with Crippen LogP contribution in [0.3, 0.4) is 0 Å². The number of hydrogen-bond acceptors (Lipinski definition) is 5. The highest BCUT2D eigenvalue weighted by atomic mass is 16.5. The molecule has 2 aromatic rings. The topological polar surface area (TPSA) is 92.8 Å². The number of amides is 3. The quantitative estimate of drug-likeness (QED) is 0.810. The molecule has 2 atom stereocenters. The van der Waals surface area contributed by atoms with Gasteiger partial charge in [0.1, 0.15) is 5.75 Å². The van der Waals surface area contributed by atoms with Crippen molar-refractivity contribution in [2.24, 2.45) is 0 Å². The first-order chi connectivity index (χ1) is 14.1. The number of nitrogens with one attached hydrogen (secondary N) is 2. The van der Waals surface area contributed by atoms with Gasteiger partial charge in [-0.2, -0.15) is 0 Å². The second kappa shape index (κ2) is 8.48. The predicted octanol–water partition coefficient (Wildman–Crippen LogP) is 3.01. The number of nitrogens with zero attached hydrogens (tertiary/aromatic N) is 2. The van der Waals surface area contributed by atoms with E-state index in [1.807, 2.05) is 12.1 Å². The minimum atomic E-state index is -0.538. The molecular weight excluding hydrogens is 372 g/mol. The van der Waals surface area contributed by atoms with E-state index in [0.29, 0.717) is 30.2 Å². The molecule has 0 bridgehead atoms. The average Bonchev–Trinajstić information content (AvgIpc) is 3.22. The number of carbonyl (C=O) groups excluding carboxylic acids is 2. The van der Waals surface area contributed by atoms with Gasteiger partial charge in [-0.05, 0) is 49.6 Å². The van der Waals surface area contributed by atoms with Gasteiger partial charge in [0.15, 0.2) is 6.10 Å². The van der Waals surface area contributed by atoms with Crippen LogP contribution < -0.4 is 15.4 Å². The second-order valence-electron chi connectivity index (χ2n) is 7.27. The SMILES string of the molecule is C[C@H]1Oc2ccc(NC(=O)N(Cc3cccnc3)C[C@H]3CCCO3)cc2NC1=O. The molecule has 0 spiro atoms. The van der Waals surface area contributed by atoms with Crippen LogP contribution in [0.15, 0.2) is 42.7 Å². The number of hydrogen-bond donors (Lipinski definition) is 2. The van der Waals surface area contributed by atoms with Gasteiger partial charge in [0, 0.05) is 37.8 Å². The maximum absolute atomic E-state index is 13.0. The summed E-state index contributed by atoms with van der Waals surface area (Å²) in [7, 11) is 0. The summed E-state index contributed by atoms with van der Waals surface area (Å²) >= 11 is 0. The van der Waals surface area contributed by atoms with Crippen molar-refractivity contribution in [2.75, 3.05) is 23.8 Å². The Morgan fingerprint density at radius 1 is 1.38 bits per heavy atom. The maximum atomic E-state index is 13.0. The molecule has 1 aromatic heterocycles. The normalized spacial score (nSPS) is 20.4. The van der Waals surface area contributed by atoms with Gasteiger partial charge >= 0.3 is 6.03 Å². The van der Waals surface area contributed by atoms with Crippen molar-refractivity contribution in [1.82, 2.24) is 9.88 Å². The van der Waals surface area contributed by atoms with Gasteiger partial charge in [-0.15, -0.1) is 0 Å². The Hall–Kier alpha value is -3.13. The number of ether oxygens (including phenoxy) is 2. The number of urea groups is 1.